The van der Waals surface area contributed by atoms with Gasteiger partial charge < -0.3 is 4.74 Å². The zero-order valence-corrected chi connectivity index (χ0v) is 12.2. The van der Waals surface area contributed by atoms with Crippen molar-refractivity contribution in [2.24, 2.45) is 0 Å². The zero-order valence-electron chi connectivity index (χ0n) is 10.7. The molecule has 1 heterocycles. The monoisotopic (exact) mass is 317 g/mol. The first-order valence-corrected chi connectivity index (χ1v) is 6.90. The van der Waals surface area contributed by atoms with Crippen LogP contribution in [0, 0.1) is 0 Å². The van der Waals surface area contributed by atoms with Crippen molar-refractivity contribution in [3.63, 3.8) is 0 Å². The van der Waals surface area contributed by atoms with E-state index in [1.807, 2.05) is 6.07 Å². The van der Waals surface area contributed by atoms with Gasteiger partial charge in [0.2, 0.25) is 0 Å². The van der Waals surface area contributed by atoms with E-state index in [1.54, 1.807) is 42.6 Å². The quantitative estimate of drug-likeness (QED) is 0.627. The normalized spacial score (nSPS) is 10.6. The summed E-state index contributed by atoms with van der Waals surface area (Å²) in [4.78, 5) is 15.4. The second-order valence-corrected chi connectivity index (χ2v) is 5.19. The molecular formula is C16H9Cl2NO2. The van der Waals surface area contributed by atoms with Crippen LogP contribution in [-0.4, -0.2) is 11.3 Å². The summed E-state index contributed by atoms with van der Waals surface area (Å²) in [5.41, 5.74) is 1.04. The number of carbonyl (C=O) groups excluding carboxylic acids is 1. The number of rotatable bonds is 3. The molecule has 2 aromatic carbocycles. The Morgan fingerprint density at radius 3 is 2.71 bits per heavy atom. The Hall–Kier alpha value is -2.10. The minimum atomic E-state index is 0.381. The van der Waals surface area contributed by atoms with Gasteiger partial charge in [0, 0.05) is 22.7 Å². The average Bonchev–Trinajstić information content (AvgIpc) is 2.51. The minimum Gasteiger partial charge on any atom is -0.454 e. The highest BCUT2D eigenvalue weighted by molar-refractivity contribution is 6.35. The number of hydrogen-bond acceptors (Lipinski definition) is 3. The van der Waals surface area contributed by atoms with E-state index in [-0.39, 0.29) is 0 Å². The van der Waals surface area contributed by atoms with E-state index < -0.39 is 0 Å². The fourth-order valence-electron chi connectivity index (χ4n) is 2.01. The van der Waals surface area contributed by atoms with E-state index in [0.29, 0.717) is 32.6 Å². The van der Waals surface area contributed by atoms with Gasteiger partial charge in [-0.15, -0.1) is 0 Å². The molecule has 0 N–H and O–H groups in total. The van der Waals surface area contributed by atoms with Crippen LogP contribution in [0.1, 0.15) is 10.4 Å². The van der Waals surface area contributed by atoms with Crippen LogP contribution < -0.4 is 4.74 Å². The summed E-state index contributed by atoms with van der Waals surface area (Å²) in [5.74, 6) is 0.896. The molecule has 0 spiro atoms. The molecule has 0 bridgehead atoms. The predicted octanol–water partition coefficient (Wildman–Crippen LogP) is 5.15. The summed E-state index contributed by atoms with van der Waals surface area (Å²) in [5, 5.41) is 1.86. The second kappa shape index (κ2) is 5.72. The zero-order chi connectivity index (χ0) is 14.8. The molecule has 0 saturated carbocycles. The number of nitrogens with zero attached hydrogens (tertiary/aromatic N) is 1. The Morgan fingerprint density at radius 1 is 1.05 bits per heavy atom. The Balaban J connectivity index is 2.13. The molecule has 3 rings (SSSR count). The maximum Gasteiger partial charge on any atom is 0.153 e. The molecule has 0 saturated heterocycles. The number of hydrogen-bond donors (Lipinski definition) is 0. The van der Waals surface area contributed by atoms with Crippen molar-refractivity contribution in [3.8, 4) is 11.5 Å². The number of halogens is 2. The second-order valence-electron chi connectivity index (χ2n) is 4.35. The van der Waals surface area contributed by atoms with Crippen LogP contribution >= 0.6 is 23.2 Å². The maximum absolute atomic E-state index is 11.1. The minimum absolute atomic E-state index is 0.381. The van der Waals surface area contributed by atoms with E-state index in [4.69, 9.17) is 27.9 Å². The summed E-state index contributed by atoms with van der Waals surface area (Å²) < 4.78 is 5.81. The van der Waals surface area contributed by atoms with Crippen LogP contribution in [0.25, 0.3) is 10.9 Å². The van der Waals surface area contributed by atoms with Crippen molar-refractivity contribution in [1.82, 2.24) is 4.98 Å². The Kier molecular flexibility index (Phi) is 3.78. The number of aldehydes is 1. The number of fused-ring (bicyclic) bond motifs is 1. The molecule has 0 aliphatic rings. The molecular weight excluding hydrogens is 309 g/mol. The lowest BCUT2D eigenvalue weighted by molar-refractivity contribution is 0.112. The van der Waals surface area contributed by atoms with E-state index in [0.717, 1.165) is 11.7 Å². The first kappa shape index (κ1) is 13.9. The topological polar surface area (TPSA) is 39.2 Å². The van der Waals surface area contributed by atoms with E-state index >= 15 is 0 Å². The molecule has 0 unspecified atom stereocenters. The summed E-state index contributed by atoms with van der Waals surface area (Å²) in [6.45, 7) is 0. The number of benzene rings is 2. The lowest BCUT2D eigenvalue weighted by Gasteiger charge is -2.11. The molecule has 5 heteroatoms. The predicted molar refractivity (Wildman–Crippen MR) is 83.7 cm³/mol. The van der Waals surface area contributed by atoms with Crippen LogP contribution in [0.2, 0.25) is 10.0 Å². The lowest BCUT2D eigenvalue weighted by Crippen LogP contribution is -1.92. The van der Waals surface area contributed by atoms with Gasteiger partial charge in [-0.2, -0.15) is 0 Å². The highest BCUT2D eigenvalue weighted by Crippen LogP contribution is 2.34. The van der Waals surface area contributed by atoms with Crippen LogP contribution in [0.15, 0.2) is 48.7 Å². The van der Waals surface area contributed by atoms with Gasteiger partial charge in [0.15, 0.2) is 12.0 Å². The summed E-state index contributed by atoms with van der Waals surface area (Å²) in [7, 11) is 0. The Labute approximate surface area is 131 Å². The van der Waals surface area contributed by atoms with Gasteiger partial charge in [-0.25, -0.2) is 0 Å². The molecule has 1 aromatic heterocycles. The third kappa shape index (κ3) is 2.71. The van der Waals surface area contributed by atoms with Gasteiger partial charge in [0.05, 0.1) is 10.6 Å². The standard InChI is InChI=1S/C16H9Cl2NO2/c17-11-4-3-10(9-20)15(8-11)21-14-6-5-13(18)12-2-1-7-19-16(12)14/h1-9H. The Morgan fingerprint density at radius 2 is 1.90 bits per heavy atom. The summed E-state index contributed by atoms with van der Waals surface area (Å²) >= 11 is 12.1. The summed E-state index contributed by atoms with van der Waals surface area (Å²) in [6, 6.07) is 11.9. The third-order valence-electron chi connectivity index (χ3n) is 3.00. The molecule has 3 nitrogen and oxygen atoms in total. The SMILES string of the molecule is O=Cc1ccc(Cl)cc1Oc1ccc(Cl)c2cccnc12. The van der Waals surface area contributed by atoms with Gasteiger partial charge in [0.25, 0.3) is 0 Å². The summed E-state index contributed by atoms with van der Waals surface area (Å²) in [6.07, 6.45) is 2.38. The number of aromatic nitrogens is 1. The van der Waals surface area contributed by atoms with Crippen molar-refractivity contribution >= 4 is 40.4 Å². The molecule has 0 aliphatic carbocycles. The fourth-order valence-corrected chi connectivity index (χ4v) is 2.38. The van der Waals surface area contributed by atoms with Gasteiger partial charge >= 0.3 is 0 Å². The third-order valence-corrected chi connectivity index (χ3v) is 3.57. The van der Waals surface area contributed by atoms with E-state index in [9.17, 15) is 4.79 Å². The maximum atomic E-state index is 11.1. The molecule has 21 heavy (non-hydrogen) atoms. The first-order chi connectivity index (χ1) is 10.2. The van der Waals surface area contributed by atoms with Crippen molar-refractivity contribution < 1.29 is 9.53 Å². The molecule has 104 valence electrons. The molecule has 3 aromatic rings. The van der Waals surface area contributed by atoms with Gasteiger partial charge in [0.1, 0.15) is 11.3 Å². The average molecular weight is 318 g/mol. The molecule has 0 atom stereocenters. The van der Waals surface area contributed by atoms with Crippen LogP contribution in [0.4, 0.5) is 0 Å². The van der Waals surface area contributed by atoms with Gasteiger partial charge in [-0.3, -0.25) is 9.78 Å². The number of ether oxygens (including phenoxy) is 1. The van der Waals surface area contributed by atoms with Crippen molar-refractivity contribution in [2.45, 2.75) is 0 Å². The van der Waals surface area contributed by atoms with Crippen LogP contribution in [-0.2, 0) is 0 Å². The van der Waals surface area contributed by atoms with E-state index in [1.165, 1.54) is 0 Å². The van der Waals surface area contributed by atoms with Crippen LogP contribution in [0.3, 0.4) is 0 Å². The smallest absolute Gasteiger partial charge is 0.153 e. The highest BCUT2D eigenvalue weighted by Gasteiger charge is 2.10. The van der Waals surface area contributed by atoms with Crippen molar-refractivity contribution in [2.75, 3.05) is 0 Å². The largest absolute Gasteiger partial charge is 0.454 e. The van der Waals surface area contributed by atoms with Crippen LogP contribution in [0.5, 0.6) is 11.5 Å². The van der Waals surface area contributed by atoms with Gasteiger partial charge in [-0.05, 0) is 36.4 Å². The van der Waals surface area contributed by atoms with Gasteiger partial charge in [-0.1, -0.05) is 23.2 Å². The fraction of sp³-hybridized carbons (Fsp3) is 0. The molecule has 0 amide bonds. The molecule has 0 radical (unpaired) electrons. The van der Waals surface area contributed by atoms with Crippen molar-refractivity contribution in [1.29, 1.82) is 0 Å². The number of carbonyl (C=O) groups is 1. The first-order valence-electron chi connectivity index (χ1n) is 6.15. The highest BCUT2D eigenvalue weighted by atomic mass is 35.5. The molecule has 0 aliphatic heterocycles. The lowest BCUT2D eigenvalue weighted by atomic mass is 10.2. The number of pyridine rings is 1. The Bertz CT molecular complexity index is 834. The van der Waals surface area contributed by atoms with E-state index in [2.05, 4.69) is 4.98 Å². The van der Waals surface area contributed by atoms with Crippen molar-refractivity contribution in [3.05, 3.63) is 64.3 Å². The molecule has 0 fully saturated rings.